The maximum absolute atomic E-state index is 5.66. The average molecular weight is 270 g/mol. The van der Waals surface area contributed by atoms with Crippen LogP contribution in [0.1, 0.15) is 25.8 Å². The number of nitrogens with one attached hydrogen (secondary N) is 1. The van der Waals surface area contributed by atoms with Gasteiger partial charge in [0.1, 0.15) is 0 Å². The van der Waals surface area contributed by atoms with Crippen LogP contribution in [0.3, 0.4) is 0 Å². The molecule has 0 unspecified atom stereocenters. The summed E-state index contributed by atoms with van der Waals surface area (Å²) in [6, 6.07) is 6.17. The molecule has 1 aliphatic rings. The minimum atomic E-state index is 0.0628. The van der Waals surface area contributed by atoms with Gasteiger partial charge in [0.05, 0.1) is 0 Å². The molecule has 0 atom stereocenters. The van der Waals surface area contributed by atoms with Gasteiger partial charge in [0.25, 0.3) is 0 Å². The summed E-state index contributed by atoms with van der Waals surface area (Å²) >= 11 is 5.66. The Hall–Kier alpha value is -0.930. The van der Waals surface area contributed by atoms with Gasteiger partial charge in [-0.25, -0.2) is 0 Å². The molecule has 1 aromatic rings. The third-order valence-corrected chi connectivity index (χ3v) is 3.48. The van der Waals surface area contributed by atoms with E-state index in [1.165, 1.54) is 5.56 Å². The van der Waals surface area contributed by atoms with Crippen LogP contribution in [0.5, 0.6) is 11.5 Å². The first kappa shape index (κ1) is 13.5. The summed E-state index contributed by atoms with van der Waals surface area (Å²) in [6.45, 7) is 6.64. The number of hydrogen-bond acceptors (Lipinski definition) is 3. The first-order valence-corrected chi connectivity index (χ1v) is 6.84. The van der Waals surface area contributed by atoms with Gasteiger partial charge in [0.15, 0.2) is 11.5 Å². The van der Waals surface area contributed by atoms with Crippen molar-refractivity contribution in [2.45, 2.75) is 25.7 Å². The Morgan fingerprint density at radius 2 is 2.06 bits per heavy atom. The number of rotatable bonds is 6. The van der Waals surface area contributed by atoms with Crippen LogP contribution in [0, 0.1) is 0 Å². The molecular weight excluding hydrogens is 250 g/mol. The van der Waals surface area contributed by atoms with Crippen LogP contribution in [-0.4, -0.2) is 25.8 Å². The van der Waals surface area contributed by atoms with E-state index >= 15 is 0 Å². The highest BCUT2D eigenvalue weighted by atomic mass is 35.5. The van der Waals surface area contributed by atoms with E-state index in [2.05, 4.69) is 31.3 Å². The highest BCUT2D eigenvalue weighted by Crippen LogP contribution is 2.36. The van der Waals surface area contributed by atoms with E-state index in [-0.39, 0.29) is 5.41 Å². The summed E-state index contributed by atoms with van der Waals surface area (Å²) < 4.78 is 10.7. The molecule has 0 aromatic heterocycles. The van der Waals surface area contributed by atoms with Crippen LogP contribution in [0.15, 0.2) is 18.2 Å². The lowest BCUT2D eigenvalue weighted by atomic mass is 9.84. The molecule has 0 amide bonds. The fraction of sp³-hybridized carbons (Fsp3) is 0.571. The van der Waals surface area contributed by atoms with E-state index in [1.54, 1.807) is 0 Å². The Kier molecular flexibility index (Phi) is 4.36. The fourth-order valence-corrected chi connectivity index (χ4v) is 2.15. The predicted molar refractivity (Wildman–Crippen MR) is 73.8 cm³/mol. The topological polar surface area (TPSA) is 30.5 Å². The van der Waals surface area contributed by atoms with E-state index < -0.39 is 0 Å². The van der Waals surface area contributed by atoms with E-state index in [1.807, 2.05) is 6.07 Å². The zero-order valence-corrected chi connectivity index (χ0v) is 11.7. The van der Waals surface area contributed by atoms with Crippen molar-refractivity contribution in [2.24, 2.45) is 0 Å². The number of alkyl halides is 1. The second kappa shape index (κ2) is 5.81. The van der Waals surface area contributed by atoms with Gasteiger partial charge in [-0.05, 0) is 30.7 Å². The van der Waals surface area contributed by atoms with Crippen LogP contribution < -0.4 is 14.8 Å². The molecule has 4 heteroatoms. The molecule has 0 bridgehead atoms. The first-order valence-electron chi connectivity index (χ1n) is 6.30. The van der Waals surface area contributed by atoms with Crippen LogP contribution >= 0.6 is 11.6 Å². The number of fused-ring (bicyclic) bond motifs is 1. The second-order valence-electron chi connectivity index (χ2n) is 5.17. The summed E-state index contributed by atoms with van der Waals surface area (Å²) in [7, 11) is 0. The molecule has 3 nitrogen and oxygen atoms in total. The Labute approximate surface area is 113 Å². The van der Waals surface area contributed by atoms with Gasteiger partial charge in [-0.1, -0.05) is 19.9 Å². The average Bonchev–Trinajstić information content (AvgIpc) is 2.82. The molecule has 1 aromatic carbocycles. The summed E-state index contributed by atoms with van der Waals surface area (Å²) in [5.74, 6) is 2.39. The number of halogens is 1. The van der Waals surface area contributed by atoms with Gasteiger partial charge in [-0.3, -0.25) is 0 Å². The van der Waals surface area contributed by atoms with Gasteiger partial charge >= 0.3 is 0 Å². The van der Waals surface area contributed by atoms with E-state index in [0.29, 0.717) is 12.7 Å². The van der Waals surface area contributed by atoms with Crippen molar-refractivity contribution in [2.75, 3.05) is 25.8 Å². The SMILES string of the molecule is CC(C)(CNCCCCl)c1ccc2c(c1)OCO2. The molecular formula is C14H20ClNO2. The third-order valence-electron chi connectivity index (χ3n) is 3.21. The molecule has 100 valence electrons. The van der Waals surface area contributed by atoms with Gasteiger partial charge in [0.2, 0.25) is 6.79 Å². The van der Waals surface area contributed by atoms with Gasteiger partial charge in [-0.2, -0.15) is 0 Å². The van der Waals surface area contributed by atoms with Crippen LogP contribution in [0.25, 0.3) is 0 Å². The van der Waals surface area contributed by atoms with Gasteiger partial charge in [0, 0.05) is 17.8 Å². The molecule has 18 heavy (non-hydrogen) atoms. The minimum Gasteiger partial charge on any atom is -0.454 e. The molecule has 0 radical (unpaired) electrons. The molecule has 0 aliphatic carbocycles. The Morgan fingerprint density at radius 1 is 1.28 bits per heavy atom. The molecule has 0 saturated heterocycles. The normalized spacial score (nSPS) is 13.9. The molecule has 1 N–H and O–H groups in total. The molecule has 2 rings (SSSR count). The lowest BCUT2D eigenvalue weighted by molar-refractivity contribution is 0.174. The zero-order valence-electron chi connectivity index (χ0n) is 11.0. The Bertz CT molecular complexity index is 407. The fourth-order valence-electron chi connectivity index (χ4n) is 2.01. The monoisotopic (exact) mass is 269 g/mol. The number of hydrogen-bond donors (Lipinski definition) is 1. The van der Waals surface area contributed by atoms with E-state index in [0.717, 1.165) is 31.0 Å². The lowest BCUT2D eigenvalue weighted by Gasteiger charge is -2.26. The van der Waals surface area contributed by atoms with Crippen LogP contribution in [-0.2, 0) is 5.41 Å². The van der Waals surface area contributed by atoms with Crippen LogP contribution in [0.2, 0.25) is 0 Å². The molecule has 0 fully saturated rings. The Morgan fingerprint density at radius 3 is 2.83 bits per heavy atom. The summed E-state index contributed by atoms with van der Waals surface area (Å²) in [6.07, 6.45) is 0.999. The van der Waals surface area contributed by atoms with Crippen molar-refractivity contribution in [3.63, 3.8) is 0 Å². The lowest BCUT2D eigenvalue weighted by Crippen LogP contribution is -2.33. The zero-order chi connectivity index (χ0) is 13.0. The van der Waals surface area contributed by atoms with Crippen molar-refractivity contribution in [3.8, 4) is 11.5 Å². The predicted octanol–water partition coefficient (Wildman–Crippen LogP) is 2.91. The highest BCUT2D eigenvalue weighted by Gasteiger charge is 2.23. The smallest absolute Gasteiger partial charge is 0.231 e. The largest absolute Gasteiger partial charge is 0.454 e. The molecule has 0 saturated carbocycles. The summed E-state index contributed by atoms with van der Waals surface area (Å²) in [4.78, 5) is 0. The number of ether oxygens (including phenoxy) is 2. The standard InChI is InChI=1S/C14H20ClNO2/c1-14(2,9-16-7-3-6-15)11-4-5-12-13(8-11)18-10-17-12/h4-5,8,16H,3,6-7,9-10H2,1-2H3. The van der Waals surface area contributed by atoms with Crippen molar-refractivity contribution >= 4 is 11.6 Å². The molecule has 1 aliphatic heterocycles. The summed E-state index contributed by atoms with van der Waals surface area (Å²) in [5, 5.41) is 3.44. The van der Waals surface area contributed by atoms with Crippen molar-refractivity contribution < 1.29 is 9.47 Å². The quantitative estimate of drug-likeness (QED) is 0.636. The maximum Gasteiger partial charge on any atom is 0.231 e. The minimum absolute atomic E-state index is 0.0628. The van der Waals surface area contributed by atoms with E-state index in [9.17, 15) is 0 Å². The molecule has 1 heterocycles. The first-order chi connectivity index (χ1) is 8.63. The Balaban J connectivity index is 2.00. The molecule has 0 spiro atoms. The second-order valence-corrected chi connectivity index (χ2v) is 5.55. The van der Waals surface area contributed by atoms with Crippen molar-refractivity contribution in [3.05, 3.63) is 23.8 Å². The van der Waals surface area contributed by atoms with Gasteiger partial charge < -0.3 is 14.8 Å². The number of benzene rings is 1. The third kappa shape index (κ3) is 3.09. The van der Waals surface area contributed by atoms with Crippen LogP contribution in [0.4, 0.5) is 0 Å². The van der Waals surface area contributed by atoms with E-state index in [4.69, 9.17) is 21.1 Å². The maximum atomic E-state index is 5.66. The van der Waals surface area contributed by atoms with Gasteiger partial charge in [-0.15, -0.1) is 11.6 Å². The van der Waals surface area contributed by atoms with Crippen molar-refractivity contribution in [1.82, 2.24) is 5.32 Å². The van der Waals surface area contributed by atoms with Crippen molar-refractivity contribution in [1.29, 1.82) is 0 Å². The highest BCUT2D eigenvalue weighted by molar-refractivity contribution is 6.17. The summed E-state index contributed by atoms with van der Waals surface area (Å²) in [5.41, 5.74) is 1.32.